The molecule has 0 radical (unpaired) electrons. The van der Waals surface area contributed by atoms with Gasteiger partial charge in [0, 0.05) is 19.2 Å². The maximum Gasteiger partial charge on any atom is 0.243 e. The summed E-state index contributed by atoms with van der Waals surface area (Å²) < 4.78 is 28.4. The minimum atomic E-state index is -3.92. The van der Waals surface area contributed by atoms with Crippen LogP contribution in [-0.2, 0) is 14.9 Å². The van der Waals surface area contributed by atoms with Crippen LogP contribution in [0.25, 0.3) is 0 Å². The van der Waals surface area contributed by atoms with Crippen LogP contribution in [0.1, 0.15) is 46.5 Å². The molecule has 7 heteroatoms. The normalized spacial score (nSPS) is 11.3. The quantitative estimate of drug-likeness (QED) is 0.267. The molecule has 0 saturated carbocycles. The van der Waals surface area contributed by atoms with Gasteiger partial charge in [-0.15, -0.1) is 0 Å². The Morgan fingerprint density at radius 1 is 1.09 bits per heavy atom. The Kier molecular flexibility index (Phi) is 14.3. The van der Waals surface area contributed by atoms with E-state index < -0.39 is 10.1 Å². The van der Waals surface area contributed by atoms with Crippen LogP contribution >= 0.6 is 0 Å². The Balaban J connectivity index is 0. The first-order chi connectivity index (χ1) is 10.6. The average Bonchev–Trinajstić information content (AvgIpc) is 2.42. The van der Waals surface area contributed by atoms with Crippen molar-refractivity contribution < 1.29 is 22.2 Å². The summed E-state index contributed by atoms with van der Waals surface area (Å²) in [4.78, 5) is 11.1. The molecule has 138 valence electrons. The highest BCUT2D eigenvalue weighted by atomic mass is 32.2. The molecular formula is C16H34N2O4S. The summed E-state index contributed by atoms with van der Waals surface area (Å²) in [5.74, 6) is -0.0606. The third-order valence-electron chi connectivity index (χ3n) is 3.39. The van der Waals surface area contributed by atoms with Gasteiger partial charge in [0.15, 0.2) is 0 Å². The van der Waals surface area contributed by atoms with Gasteiger partial charge in [-0.2, -0.15) is 0 Å². The van der Waals surface area contributed by atoms with Gasteiger partial charge < -0.3 is 14.4 Å². The number of hydrogen-bond donors (Lipinski definition) is 1. The van der Waals surface area contributed by atoms with Crippen molar-refractivity contribution in [3.63, 3.8) is 0 Å². The molecule has 0 aliphatic carbocycles. The third kappa shape index (κ3) is 17.3. The topological polar surface area (TPSA) is 86.3 Å². The van der Waals surface area contributed by atoms with Crippen LogP contribution in [0, 0.1) is 0 Å². The number of carbonyl (C=O) groups excluding carboxylic acids is 1. The van der Waals surface area contributed by atoms with E-state index >= 15 is 0 Å². The molecule has 6 nitrogen and oxygen atoms in total. The van der Waals surface area contributed by atoms with Crippen molar-refractivity contribution in [1.82, 2.24) is 5.32 Å². The van der Waals surface area contributed by atoms with Gasteiger partial charge in [-0.25, -0.2) is 8.42 Å². The summed E-state index contributed by atoms with van der Waals surface area (Å²) in [5.41, 5.74) is 0. The Labute approximate surface area is 142 Å². The Bertz CT molecular complexity index is 397. The predicted molar refractivity (Wildman–Crippen MR) is 94.0 cm³/mol. The first-order valence-electron chi connectivity index (χ1n) is 8.30. The molecule has 23 heavy (non-hydrogen) atoms. The lowest BCUT2D eigenvalue weighted by molar-refractivity contribution is -0.928. The zero-order chi connectivity index (χ0) is 18.4. The highest BCUT2D eigenvalue weighted by Crippen LogP contribution is 2.12. The first kappa shape index (κ1) is 24.3. The molecule has 0 aromatic rings. The van der Waals surface area contributed by atoms with Crippen LogP contribution < -0.4 is 5.32 Å². The van der Waals surface area contributed by atoms with Crippen molar-refractivity contribution in [2.45, 2.75) is 46.5 Å². The maximum atomic E-state index is 11.1. The second-order valence-electron chi connectivity index (χ2n) is 5.79. The molecule has 0 atom stereocenters. The maximum absolute atomic E-state index is 11.1. The van der Waals surface area contributed by atoms with Crippen LogP contribution in [0.2, 0.25) is 0 Å². The van der Waals surface area contributed by atoms with E-state index in [0.29, 0.717) is 6.26 Å². The molecule has 0 bridgehead atoms. The molecule has 0 saturated heterocycles. The summed E-state index contributed by atoms with van der Waals surface area (Å²) in [6, 6.07) is 0. The third-order valence-corrected chi connectivity index (χ3v) is 3.39. The zero-order valence-corrected chi connectivity index (χ0v) is 16.0. The van der Waals surface area contributed by atoms with Gasteiger partial charge in [-0.3, -0.25) is 4.79 Å². The van der Waals surface area contributed by atoms with E-state index in [-0.39, 0.29) is 5.91 Å². The standard InChI is InChI=1S/C15H30N2O.CH4O3S/c1-5-11-17(12-6-2,13-7-3)14-9-10-16-15(18)8-4;1-5(2,3)4/h8H,4-7,9-14H2,1-3H3;1H3,(H,2,3,4). The Hall–Kier alpha value is -0.920. The smallest absolute Gasteiger partial charge is 0.243 e. The Morgan fingerprint density at radius 3 is 1.78 bits per heavy atom. The van der Waals surface area contributed by atoms with Crippen LogP contribution in [0.15, 0.2) is 12.7 Å². The molecule has 1 N–H and O–H groups in total. The van der Waals surface area contributed by atoms with Gasteiger partial charge in [-0.05, 0) is 25.3 Å². The molecule has 0 aromatic heterocycles. The van der Waals surface area contributed by atoms with Gasteiger partial charge in [0.1, 0.15) is 0 Å². The number of amides is 1. The van der Waals surface area contributed by atoms with Gasteiger partial charge >= 0.3 is 0 Å². The van der Waals surface area contributed by atoms with E-state index in [1.165, 1.54) is 56.0 Å². The van der Waals surface area contributed by atoms with E-state index in [4.69, 9.17) is 13.0 Å². The molecule has 0 spiro atoms. The van der Waals surface area contributed by atoms with E-state index in [0.717, 1.165) is 13.0 Å². The van der Waals surface area contributed by atoms with Crippen molar-refractivity contribution in [2.75, 3.05) is 39.0 Å². The summed E-state index contributed by atoms with van der Waals surface area (Å²) in [7, 11) is -3.92. The fourth-order valence-corrected chi connectivity index (χ4v) is 2.79. The van der Waals surface area contributed by atoms with Crippen LogP contribution in [0.5, 0.6) is 0 Å². The monoisotopic (exact) mass is 350 g/mol. The molecule has 0 aromatic carbocycles. The van der Waals surface area contributed by atoms with Gasteiger partial charge in [-0.1, -0.05) is 27.4 Å². The van der Waals surface area contributed by atoms with Gasteiger partial charge in [0.2, 0.25) is 5.91 Å². The summed E-state index contributed by atoms with van der Waals surface area (Å²) in [6.45, 7) is 16.0. The Morgan fingerprint density at radius 2 is 1.48 bits per heavy atom. The molecule has 0 rings (SSSR count). The second-order valence-corrected chi connectivity index (χ2v) is 7.20. The number of hydrogen-bond acceptors (Lipinski definition) is 4. The minimum Gasteiger partial charge on any atom is -0.748 e. The lowest BCUT2D eigenvalue weighted by atomic mass is 10.2. The van der Waals surface area contributed by atoms with Crippen LogP contribution in [-0.4, -0.2) is 62.3 Å². The summed E-state index contributed by atoms with van der Waals surface area (Å²) >= 11 is 0. The number of rotatable bonds is 11. The van der Waals surface area contributed by atoms with E-state index in [1.807, 2.05) is 0 Å². The van der Waals surface area contributed by atoms with Crippen LogP contribution in [0.3, 0.4) is 0 Å². The highest BCUT2D eigenvalue weighted by Gasteiger charge is 2.23. The molecule has 0 fully saturated rings. The van der Waals surface area contributed by atoms with Crippen molar-refractivity contribution in [1.29, 1.82) is 0 Å². The van der Waals surface area contributed by atoms with E-state index in [9.17, 15) is 4.79 Å². The largest absolute Gasteiger partial charge is 0.748 e. The average molecular weight is 351 g/mol. The van der Waals surface area contributed by atoms with Crippen molar-refractivity contribution in [3.8, 4) is 0 Å². The molecule has 1 amide bonds. The number of carbonyl (C=O) groups is 1. The van der Waals surface area contributed by atoms with Gasteiger partial charge in [0.25, 0.3) is 0 Å². The molecule has 0 unspecified atom stereocenters. The predicted octanol–water partition coefficient (Wildman–Crippen LogP) is 1.89. The fourth-order valence-electron chi connectivity index (χ4n) is 2.79. The highest BCUT2D eigenvalue weighted by molar-refractivity contribution is 7.84. The molecular weight excluding hydrogens is 316 g/mol. The lowest BCUT2D eigenvalue weighted by Gasteiger charge is -2.38. The second kappa shape index (κ2) is 13.5. The summed E-state index contributed by atoms with van der Waals surface area (Å²) in [5, 5.41) is 2.86. The molecule has 0 aliphatic heterocycles. The number of nitrogens with one attached hydrogen (secondary N) is 1. The number of nitrogens with zero attached hydrogens (tertiary/aromatic N) is 1. The zero-order valence-electron chi connectivity index (χ0n) is 15.1. The van der Waals surface area contributed by atoms with Gasteiger partial charge in [0.05, 0.1) is 36.3 Å². The SMILES string of the molecule is C=CC(=O)NCCC[N+](CCC)(CCC)CCC.CS(=O)(=O)[O-]. The van der Waals surface area contributed by atoms with E-state index in [1.54, 1.807) is 0 Å². The van der Waals surface area contributed by atoms with E-state index in [2.05, 4.69) is 32.7 Å². The van der Waals surface area contributed by atoms with Crippen LogP contribution in [0.4, 0.5) is 0 Å². The van der Waals surface area contributed by atoms with Crippen molar-refractivity contribution in [2.24, 2.45) is 0 Å². The molecule has 0 aliphatic rings. The fraction of sp³-hybridized carbons (Fsp3) is 0.812. The first-order valence-corrected chi connectivity index (χ1v) is 10.1. The van der Waals surface area contributed by atoms with Crippen molar-refractivity contribution >= 4 is 16.0 Å². The van der Waals surface area contributed by atoms with Crippen molar-refractivity contribution in [3.05, 3.63) is 12.7 Å². The number of quaternary nitrogens is 1. The molecule has 0 heterocycles. The lowest BCUT2D eigenvalue weighted by Crippen LogP contribution is -2.51. The minimum absolute atomic E-state index is 0.0606. The summed E-state index contributed by atoms with van der Waals surface area (Å²) in [6.07, 6.45) is 6.70.